The molecule has 5 nitrogen and oxygen atoms in total. The van der Waals surface area contributed by atoms with Gasteiger partial charge in [0, 0.05) is 11.4 Å². The molecule has 0 fully saturated rings. The molecule has 0 unspecified atom stereocenters. The maximum atomic E-state index is 11.3. The molecule has 1 aromatic carbocycles. The minimum atomic E-state index is -0.181. The van der Waals surface area contributed by atoms with Crippen LogP contribution in [0.15, 0.2) is 22.7 Å². The highest BCUT2D eigenvalue weighted by molar-refractivity contribution is 6.35. The van der Waals surface area contributed by atoms with Crippen molar-refractivity contribution < 1.29 is 14.1 Å². The average molecular weight is 301 g/mol. The highest BCUT2D eigenvalue weighted by Crippen LogP contribution is 2.27. The monoisotopic (exact) mass is 300 g/mol. The van der Waals surface area contributed by atoms with Gasteiger partial charge in [0.2, 0.25) is 11.6 Å². The van der Waals surface area contributed by atoms with Crippen LogP contribution in [-0.2, 0) is 6.61 Å². The number of benzene rings is 1. The molecule has 1 aromatic heterocycles. The number of nitrogens with zero attached hydrogens (tertiary/aromatic N) is 2. The average Bonchev–Trinajstić information content (AvgIpc) is 2.85. The van der Waals surface area contributed by atoms with Crippen LogP contribution in [-0.4, -0.2) is 15.9 Å². The number of hydrogen-bond acceptors (Lipinski definition) is 5. The van der Waals surface area contributed by atoms with Crippen LogP contribution >= 0.6 is 23.2 Å². The molecule has 0 N–H and O–H groups in total. The molecule has 0 bridgehead atoms. The Morgan fingerprint density at radius 3 is 2.89 bits per heavy atom. The van der Waals surface area contributed by atoms with Gasteiger partial charge in [-0.05, 0) is 18.2 Å². The van der Waals surface area contributed by atoms with E-state index in [9.17, 15) is 4.79 Å². The fourth-order valence-corrected chi connectivity index (χ4v) is 1.78. The summed E-state index contributed by atoms with van der Waals surface area (Å²) in [6.45, 7) is 1.76. The van der Waals surface area contributed by atoms with Gasteiger partial charge in [0.25, 0.3) is 5.89 Å². The Bertz CT molecular complexity index is 598. The minimum absolute atomic E-state index is 0.0331. The van der Waals surface area contributed by atoms with Crippen molar-refractivity contribution in [3.63, 3.8) is 0 Å². The molecule has 19 heavy (non-hydrogen) atoms. The van der Waals surface area contributed by atoms with Crippen LogP contribution < -0.4 is 4.74 Å². The molecule has 0 saturated heterocycles. The summed E-state index contributed by atoms with van der Waals surface area (Å²) in [7, 11) is 0. The highest BCUT2D eigenvalue weighted by atomic mass is 35.5. The summed E-state index contributed by atoms with van der Waals surface area (Å²) in [5.41, 5.74) is 0. The van der Waals surface area contributed by atoms with Gasteiger partial charge in [0.1, 0.15) is 5.75 Å². The number of ketones is 1. The highest BCUT2D eigenvalue weighted by Gasteiger charge is 2.13. The quantitative estimate of drug-likeness (QED) is 0.790. The molecule has 2 aromatic rings. The van der Waals surface area contributed by atoms with Crippen molar-refractivity contribution in [3.05, 3.63) is 40.0 Å². The predicted octanol–water partition coefficient (Wildman–Crippen LogP) is 3.55. The van der Waals surface area contributed by atoms with Crippen molar-refractivity contribution in [2.24, 2.45) is 0 Å². The molecule has 0 saturated carbocycles. The van der Waals surface area contributed by atoms with Crippen LogP contribution in [0.4, 0.5) is 0 Å². The third kappa shape index (κ3) is 3.45. The van der Waals surface area contributed by atoms with Crippen LogP contribution in [0.5, 0.6) is 5.75 Å². The zero-order valence-corrected chi connectivity index (χ0v) is 11.5. The molecule has 0 amide bonds. The summed E-state index contributed by atoms with van der Waals surface area (Å²) in [6.07, 6.45) is 0.322. The van der Waals surface area contributed by atoms with Crippen molar-refractivity contribution in [2.75, 3.05) is 0 Å². The normalized spacial score (nSPS) is 10.5. The summed E-state index contributed by atoms with van der Waals surface area (Å²) in [5.74, 6) is 0.540. The van der Waals surface area contributed by atoms with E-state index >= 15 is 0 Å². The molecule has 2 rings (SSSR count). The van der Waals surface area contributed by atoms with Crippen molar-refractivity contribution in [2.45, 2.75) is 20.0 Å². The van der Waals surface area contributed by atoms with Crippen LogP contribution in [0.25, 0.3) is 0 Å². The van der Waals surface area contributed by atoms with E-state index in [4.69, 9.17) is 32.5 Å². The standard InChI is InChI=1S/C12H10Cl2N2O3/c1-2-9(17)12-15-11(19-16-12)6-18-10-4-3-7(13)5-8(10)14/h3-5H,2,6H2,1H3. The van der Waals surface area contributed by atoms with Crippen molar-refractivity contribution in [1.82, 2.24) is 10.1 Å². The van der Waals surface area contributed by atoms with E-state index in [0.29, 0.717) is 22.2 Å². The number of Topliss-reactive ketones (excluding diaryl/α,β-unsaturated/α-hetero) is 1. The molecule has 0 atom stereocenters. The molecule has 0 aliphatic carbocycles. The number of ether oxygens (including phenoxy) is 1. The minimum Gasteiger partial charge on any atom is -0.482 e. The van der Waals surface area contributed by atoms with Gasteiger partial charge in [0.15, 0.2) is 6.61 Å². The fourth-order valence-electron chi connectivity index (χ4n) is 1.32. The van der Waals surface area contributed by atoms with Gasteiger partial charge in [0.05, 0.1) is 5.02 Å². The number of halogens is 2. The lowest BCUT2D eigenvalue weighted by Crippen LogP contribution is -2.00. The number of aromatic nitrogens is 2. The molecule has 0 spiro atoms. The molecule has 0 radical (unpaired) electrons. The van der Waals surface area contributed by atoms with Crippen LogP contribution in [0.2, 0.25) is 10.0 Å². The second-order valence-corrected chi connectivity index (χ2v) is 4.50. The second kappa shape index (κ2) is 6.04. The molecule has 7 heteroatoms. The Morgan fingerprint density at radius 1 is 1.42 bits per heavy atom. The van der Waals surface area contributed by atoms with E-state index < -0.39 is 0 Å². The molecule has 1 heterocycles. The number of hydrogen-bond donors (Lipinski definition) is 0. The number of carbonyl (C=O) groups excluding carboxylic acids is 1. The molecular formula is C12H10Cl2N2O3. The molecular weight excluding hydrogens is 291 g/mol. The van der Waals surface area contributed by atoms with Crippen LogP contribution in [0, 0.1) is 0 Å². The third-order valence-corrected chi connectivity index (χ3v) is 2.81. The second-order valence-electron chi connectivity index (χ2n) is 3.65. The summed E-state index contributed by atoms with van der Waals surface area (Å²) < 4.78 is 10.3. The maximum absolute atomic E-state index is 11.3. The van der Waals surface area contributed by atoms with Crippen LogP contribution in [0.1, 0.15) is 29.9 Å². The van der Waals surface area contributed by atoms with Gasteiger partial charge >= 0.3 is 0 Å². The summed E-state index contributed by atoms with van der Waals surface area (Å²) in [4.78, 5) is 15.3. The van der Waals surface area contributed by atoms with Gasteiger partial charge in [-0.1, -0.05) is 35.3 Å². The third-order valence-electron chi connectivity index (χ3n) is 2.28. The first-order valence-electron chi connectivity index (χ1n) is 5.53. The van der Waals surface area contributed by atoms with Crippen LogP contribution in [0.3, 0.4) is 0 Å². The summed E-state index contributed by atoms with van der Waals surface area (Å²) in [5, 5.41) is 4.47. The van der Waals surface area contributed by atoms with Crippen molar-refractivity contribution in [3.8, 4) is 5.75 Å². The van der Waals surface area contributed by atoms with Gasteiger partial charge in [-0.15, -0.1) is 0 Å². The van der Waals surface area contributed by atoms with Gasteiger partial charge in [-0.25, -0.2) is 0 Å². The number of rotatable bonds is 5. The Balaban J connectivity index is 2.02. The van der Waals surface area contributed by atoms with E-state index in [2.05, 4.69) is 10.1 Å². The summed E-state index contributed by atoms with van der Waals surface area (Å²) in [6, 6.07) is 4.86. The van der Waals surface area contributed by atoms with E-state index in [1.54, 1.807) is 25.1 Å². The molecule has 0 aliphatic rings. The first-order valence-corrected chi connectivity index (χ1v) is 6.29. The van der Waals surface area contributed by atoms with E-state index in [1.165, 1.54) is 0 Å². The molecule has 0 aliphatic heterocycles. The largest absolute Gasteiger partial charge is 0.482 e. The molecule has 100 valence electrons. The maximum Gasteiger partial charge on any atom is 0.264 e. The fraction of sp³-hybridized carbons (Fsp3) is 0.250. The van der Waals surface area contributed by atoms with Crippen molar-refractivity contribution in [1.29, 1.82) is 0 Å². The van der Waals surface area contributed by atoms with E-state index in [-0.39, 0.29) is 24.1 Å². The summed E-state index contributed by atoms with van der Waals surface area (Å²) >= 11 is 11.7. The lowest BCUT2D eigenvalue weighted by Gasteiger charge is -2.05. The van der Waals surface area contributed by atoms with E-state index in [0.717, 1.165) is 0 Å². The smallest absolute Gasteiger partial charge is 0.264 e. The Hall–Kier alpha value is -1.59. The zero-order chi connectivity index (χ0) is 13.8. The Kier molecular flexibility index (Phi) is 4.39. The predicted molar refractivity (Wildman–Crippen MR) is 69.7 cm³/mol. The number of carbonyl (C=O) groups is 1. The Labute approximate surface area is 119 Å². The SMILES string of the molecule is CCC(=O)c1noc(COc2ccc(Cl)cc2Cl)n1. The van der Waals surface area contributed by atoms with Gasteiger partial charge in [-0.3, -0.25) is 4.79 Å². The first-order chi connectivity index (χ1) is 9.10. The lowest BCUT2D eigenvalue weighted by atomic mass is 10.3. The topological polar surface area (TPSA) is 65.2 Å². The van der Waals surface area contributed by atoms with E-state index in [1.807, 2.05) is 0 Å². The Morgan fingerprint density at radius 2 is 2.21 bits per heavy atom. The van der Waals surface area contributed by atoms with Crippen molar-refractivity contribution >= 4 is 29.0 Å². The van der Waals surface area contributed by atoms with Gasteiger partial charge in [-0.2, -0.15) is 4.98 Å². The first kappa shape index (κ1) is 13.8. The lowest BCUT2D eigenvalue weighted by molar-refractivity contribution is 0.0975. The zero-order valence-electron chi connectivity index (χ0n) is 10.0. The van der Waals surface area contributed by atoms with Gasteiger partial charge < -0.3 is 9.26 Å².